The van der Waals surface area contributed by atoms with Crippen molar-refractivity contribution in [1.29, 1.82) is 0 Å². The third-order valence-electron chi connectivity index (χ3n) is 4.05. The van der Waals surface area contributed by atoms with Crippen molar-refractivity contribution in [2.75, 3.05) is 6.61 Å². The van der Waals surface area contributed by atoms with Crippen molar-refractivity contribution in [2.24, 2.45) is 11.7 Å². The highest BCUT2D eigenvalue weighted by molar-refractivity contribution is 6.32. The van der Waals surface area contributed by atoms with Crippen molar-refractivity contribution in [3.05, 3.63) is 52.6 Å². The van der Waals surface area contributed by atoms with E-state index < -0.39 is 29.2 Å². The number of primary amides is 1. The summed E-state index contributed by atoms with van der Waals surface area (Å²) in [5, 5.41) is -0.00358. The number of fused-ring (bicyclic) bond motifs is 1. The third kappa shape index (κ3) is 4.14. The van der Waals surface area contributed by atoms with Gasteiger partial charge in [-0.15, -0.1) is 0 Å². The minimum absolute atomic E-state index is 0.00681. The molecule has 2 N–H and O–H groups in total. The summed E-state index contributed by atoms with van der Waals surface area (Å²) in [5.41, 5.74) is 3.34. The Morgan fingerprint density at radius 1 is 1.28 bits per heavy atom. The molecule has 0 aliphatic heterocycles. The van der Waals surface area contributed by atoms with Crippen molar-refractivity contribution in [1.82, 2.24) is 9.55 Å². The number of benzene rings is 1. The largest absolute Gasteiger partial charge is 0.476 e. The van der Waals surface area contributed by atoms with Crippen LogP contribution >= 0.6 is 11.6 Å². The second-order valence-corrected chi connectivity index (χ2v) is 7.21. The highest BCUT2D eigenvalue weighted by atomic mass is 35.5. The number of alkyl halides is 3. The number of hydrogen-bond acceptors (Lipinski definition) is 3. The lowest BCUT2D eigenvalue weighted by Gasteiger charge is -2.15. The van der Waals surface area contributed by atoms with Crippen LogP contribution in [-0.2, 0) is 6.18 Å². The first-order valence-corrected chi connectivity index (χ1v) is 8.87. The van der Waals surface area contributed by atoms with Crippen molar-refractivity contribution >= 4 is 28.4 Å². The van der Waals surface area contributed by atoms with Crippen LogP contribution in [0, 0.1) is 11.7 Å². The average Bonchev–Trinajstić information content (AvgIpc) is 2.98. The second-order valence-electron chi connectivity index (χ2n) is 6.80. The van der Waals surface area contributed by atoms with E-state index in [9.17, 15) is 22.4 Å². The maximum absolute atomic E-state index is 14.2. The van der Waals surface area contributed by atoms with E-state index in [4.69, 9.17) is 22.1 Å². The topological polar surface area (TPSA) is 70.1 Å². The maximum Gasteiger partial charge on any atom is 0.431 e. The van der Waals surface area contributed by atoms with E-state index in [0.29, 0.717) is 6.61 Å². The van der Waals surface area contributed by atoms with Gasteiger partial charge in [0.1, 0.15) is 16.5 Å². The molecule has 0 spiro atoms. The Bertz CT molecular complexity index is 1090. The van der Waals surface area contributed by atoms with Crippen LogP contribution in [0.2, 0.25) is 5.02 Å². The van der Waals surface area contributed by atoms with E-state index in [1.165, 1.54) is 6.07 Å². The summed E-state index contributed by atoms with van der Waals surface area (Å²) in [4.78, 5) is 15.3. The molecule has 1 aromatic carbocycles. The number of rotatable bonds is 5. The molecule has 0 fully saturated rings. The number of carbonyl (C=O) groups is 1. The van der Waals surface area contributed by atoms with Gasteiger partial charge in [-0.05, 0) is 30.2 Å². The number of halogens is 5. The molecule has 0 aliphatic rings. The summed E-state index contributed by atoms with van der Waals surface area (Å²) < 4.78 is 61.3. The molecule has 5 nitrogen and oxygen atoms in total. The van der Waals surface area contributed by atoms with Crippen LogP contribution in [0.4, 0.5) is 17.6 Å². The molecule has 3 aromatic rings. The number of amides is 1. The lowest BCUT2D eigenvalue weighted by Crippen LogP contribution is -2.14. The summed E-state index contributed by atoms with van der Waals surface area (Å²) in [5.74, 6) is -1.84. The molecular weight excluding hydrogens is 414 g/mol. The molecule has 0 saturated carbocycles. The Labute approximate surface area is 168 Å². The summed E-state index contributed by atoms with van der Waals surface area (Å²) in [6.45, 7) is 4.16. The highest BCUT2D eigenvalue weighted by Gasteiger charge is 2.36. The molecule has 2 aromatic heterocycles. The first kappa shape index (κ1) is 20.9. The molecule has 0 saturated heterocycles. The number of pyridine rings is 1. The lowest BCUT2D eigenvalue weighted by molar-refractivity contribution is -0.142. The van der Waals surface area contributed by atoms with Gasteiger partial charge in [0.25, 0.3) is 5.91 Å². The van der Waals surface area contributed by atoms with Crippen molar-refractivity contribution in [2.45, 2.75) is 20.0 Å². The number of nitrogens with two attached hydrogens (primary N) is 1. The molecule has 0 atom stereocenters. The van der Waals surface area contributed by atoms with Crippen LogP contribution in [0.1, 0.15) is 29.9 Å². The fourth-order valence-electron chi connectivity index (χ4n) is 2.80. The normalized spacial score (nSPS) is 12.0. The number of carbonyl (C=O) groups excluding carboxylic acids is 1. The highest BCUT2D eigenvalue weighted by Crippen LogP contribution is 2.38. The van der Waals surface area contributed by atoms with Gasteiger partial charge in [-0.25, -0.2) is 9.37 Å². The SMILES string of the molecule is CC(C)COc1ncc(-n2c(C(F)(F)F)cc3cc(C(N)=O)c(F)cc32)cc1Cl. The quantitative estimate of drug-likeness (QED) is 0.582. The lowest BCUT2D eigenvalue weighted by atomic mass is 10.1. The van der Waals surface area contributed by atoms with Crippen LogP contribution in [-0.4, -0.2) is 22.1 Å². The summed E-state index contributed by atoms with van der Waals surface area (Å²) in [7, 11) is 0. The second kappa shape index (κ2) is 7.55. The van der Waals surface area contributed by atoms with Crippen molar-refractivity contribution in [3.8, 4) is 11.6 Å². The molecule has 154 valence electrons. The fourth-order valence-corrected chi connectivity index (χ4v) is 3.01. The van der Waals surface area contributed by atoms with Gasteiger partial charge in [0, 0.05) is 5.39 Å². The van der Waals surface area contributed by atoms with Gasteiger partial charge >= 0.3 is 6.18 Å². The molecule has 29 heavy (non-hydrogen) atoms. The molecule has 0 bridgehead atoms. The van der Waals surface area contributed by atoms with Crippen molar-refractivity contribution < 1.29 is 27.1 Å². The van der Waals surface area contributed by atoms with E-state index in [1.54, 1.807) is 0 Å². The first-order chi connectivity index (χ1) is 13.5. The van der Waals surface area contributed by atoms with Gasteiger partial charge in [0.15, 0.2) is 0 Å². The minimum atomic E-state index is -4.76. The number of ether oxygens (including phenoxy) is 1. The van der Waals surface area contributed by atoms with Gasteiger partial charge in [-0.2, -0.15) is 13.2 Å². The molecule has 0 aliphatic carbocycles. The zero-order chi connectivity index (χ0) is 21.5. The Hall–Kier alpha value is -2.81. The van der Waals surface area contributed by atoms with E-state index in [1.807, 2.05) is 13.8 Å². The van der Waals surface area contributed by atoms with Crippen LogP contribution in [0.15, 0.2) is 30.5 Å². The smallest absolute Gasteiger partial charge is 0.431 e. The van der Waals surface area contributed by atoms with E-state index in [0.717, 1.165) is 29.0 Å². The van der Waals surface area contributed by atoms with Crippen molar-refractivity contribution in [3.63, 3.8) is 0 Å². The predicted molar refractivity (Wildman–Crippen MR) is 99.9 cm³/mol. The summed E-state index contributed by atoms with van der Waals surface area (Å²) >= 11 is 6.13. The average molecular weight is 430 g/mol. The molecule has 1 amide bonds. The molecule has 10 heteroatoms. The van der Waals surface area contributed by atoms with E-state index in [-0.39, 0.29) is 33.4 Å². The predicted octanol–water partition coefficient (Wildman–Crippen LogP) is 4.97. The Morgan fingerprint density at radius 2 is 1.97 bits per heavy atom. The Morgan fingerprint density at radius 3 is 2.52 bits per heavy atom. The molecular formula is C19H16ClF4N3O2. The fraction of sp³-hybridized carbons (Fsp3) is 0.263. The van der Waals surface area contributed by atoms with Gasteiger partial charge < -0.3 is 15.0 Å². The standard InChI is InChI=1S/C19H16ClF4N3O2/c1-9(2)8-29-18-13(20)5-11(7-26-18)27-15-6-14(21)12(17(25)28)3-10(15)4-16(27)19(22,23)24/h3-7,9H,8H2,1-2H3,(H2,25,28). The van der Waals surface area contributed by atoms with Crippen LogP contribution in [0.25, 0.3) is 16.6 Å². The zero-order valence-electron chi connectivity index (χ0n) is 15.3. The monoisotopic (exact) mass is 429 g/mol. The minimum Gasteiger partial charge on any atom is -0.476 e. The van der Waals surface area contributed by atoms with E-state index in [2.05, 4.69) is 4.98 Å². The summed E-state index contributed by atoms with van der Waals surface area (Å²) in [6.07, 6.45) is -3.61. The number of aromatic nitrogens is 2. The van der Waals surface area contributed by atoms with Gasteiger partial charge in [0.2, 0.25) is 5.88 Å². The number of hydrogen-bond donors (Lipinski definition) is 1. The first-order valence-electron chi connectivity index (χ1n) is 8.49. The van der Waals surface area contributed by atoms with Gasteiger partial charge in [-0.3, -0.25) is 4.79 Å². The van der Waals surface area contributed by atoms with Gasteiger partial charge in [0.05, 0.1) is 29.6 Å². The molecule has 0 unspecified atom stereocenters. The maximum atomic E-state index is 14.2. The Kier molecular flexibility index (Phi) is 5.44. The van der Waals surface area contributed by atoms with Crippen LogP contribution in [0.5, 0.6) is 5.88 Å². The molecule has 0 radical (unpaired) electrons. The summed E-state index contributed by atoms with van der Waals surface area (Å²) in [6, 6.07) is 3.85. The van der Waals surface area contributed by atoms with Crippen LogP contribution in [0.3, 0.4) is 0 Å². The number of nitrogens with zero attached hydrogens (tertiary/aromatic N) is 2. The Balaban J connectivity index is 2.21. The third-order valence-corrected chi connectivity index (χ3v) is 4.32. The van der Waals surface area contributed by atoms with Crippen LogP contribution < -0.4 is 10.5 Å². The molecule has 3 rings (SSSR count). The van der Waals surface area contributed by atoms with E-state index >= 15 is 0 Å². The molecule has 2 heterocycles. The zero-order valence-corrected chi connectivity index (χ0v) is 16.1. The van der Waals surface area contributed by atoms with Gasteiger partial charge in [-0.1, -0.05) is 25.4 Å².